The summed E-state index contributed by atoms with van der Waals surface area (Å²) in [7, 11) is 0. The Hall–Kier alpha value is -0.820. The molecule has 1 nitrogen and oxygen atoms in total. The van der Waals surface area contributed by atoms with Gasteiger partial charge in [-0.2, -0.15) is 0 Å². The van der Waals surface area contributed by atoms with Gasteiger partial charge in [0.2, 0.25) is 0 Å². The van der Waals surface area contributed by atoms with Crippen molar-refractivity contribution in [3.05, 3.63) is 35.4 Å². The lowest BCUT2D eigenvalue weighted by molar-refractivity contribution is 0.370. The van der Waals surface area contributed by atoms with E-state index in [1.165, 1.54) is 36.8 Å². The van der Waals surface area contributed by atoms with Gasteiger partial charge in [-0.3, -0.25) is 0 Å². The van der Waals surface area contributed by atoms with Crippen molar-refractivity contribution in [3.8, 4) is 0 Å². The van der Waals surface area contributed by atoms with Crippen LogP contribution in [0.3, 0.4) is 0 Å². The van der Waals surface area contributed by atoms with Crippen molar-refractivity contribution in [1.82, 2.24) is 5.32 Å². The Morgan fingerprint density at radius 2 is 2.00 bits per heavy atom. The van der Waals surface area contributed by atoms with Crippen LogP contribution in [0.5, 0.6) is 0 Å². The van der Waals surface area contributed by atoms with Gasteiger partial charge in [0.05, 0.1) is 0 Å². The normalized spacial score (nSPS) is 12.9. The molecule has 18 heavy (non-hydrogen) atoms. The van der Waals surface area contributed by atoms with Gasteiger partial charge < -0.3 is 5.32 Å². The van der Waals surface area contributed by atoms with Crippen molar-refractivity contribution >= 4 is 0 Å². The fourth-order valence-corrected chi connectivity index (χ4v) is 2.39. The summed E-state index contributed by atoms with van der Waals surface area (Å²) >= 11 is 0. The smallest absolute Gasteiger partial charge is 0.00901 e. The second-order valence-electron chi connectivity index (χ2n) is 5.69. The third kappa shape index (κ3) is 5.68. The molecule has 0 saturated heterocycles. The zero-order valence-corrected chi connectivity index (χ0v) is 12.5. The SMILES string of the molecule is CCCNC(CCCc1cccc(C)c1)C(C)C. The number of rotatable bonds is 8. The molecule has 1 aromatic carbocycles. The maximum atomic E-state index is 3.67. The summed E-state index contributed by atoms with van der Waals surface area (Å²) in [5.74, 6) is 0.731. The highest BCUT2D eigenvalue weighted by molar-refractivity contribution is 5.22. The average molecular weight is 247 g/mol. The molecular formula is C17H29N. The van der Waals surface area contributed by atoms with Gasteiger partial charge in [0.15, 0.2) is 0 Å². The van der Waals surface area contributed by atoms with Crippen LogP contribution in [0, 0.1) is 12.8 Å². The summed E-state index contributed by atoms with van der Waals surface area (Å²) in [6.45, 7) is 10.2. The predicted octanol–water partition coefficient (Wildman–Crippen LogP) is 4.34. The van der Waals surface area contributed by atoms with E-state index < -0.39 is 0 Å². The molecule has 102 valence electrons. The van der Waals surface area contributed by atoms with Crippen LogP contribution in [-0.2, 0) is 6.42 Å². The van der Waals surface area contributed by atoms with Crippen LogP contribution < -0.4 is 5.32 Å². The molecule has 0 aliphatic carbocycles. The summed E-state index contributed by atoms with van der Waals surface area (Å²) in [5.41, 5.74) is 2.85. The summed E-state index contributed by atoms with van der Waals surface area (Å²) < 4.78 is 0. The fraction of sp³-hybridized carbons (Fsp3) is 0.647. The first-order chi connectivity index (χ1) is 8.63. The minimum absolute atomic E-state index is 0.676. The number of nitrogens with one attached hydrogen (secondary N) is 1. The molecule has 0 amide bonds. The molecule has 1 rings (SSSR count). The molecule has 0 aliphatic rings. The highest BCUT2D eigenvalue weighted by Gasteiger charge is 2.11. The van der Waals surface area contributed by atoms with E-state index in [9.17, 15) is 0 Å². The summed E-state index contributed by atoms with van der Waals surface area (Å²) in [6, 6.07) is 9.57. The lowest BCUT2D eigenvalue weighted by Gasteiger charge is -2.22. The third-order valence-corrected chi connectivity index (χ3v) is 3.52. The van der Waals surface area contributed by atoms with Gasteiger partial charge in [-0.15, -0.1) is 0 Å². The number of hydrogen-bond donors (Lipinski definition) is 1. The van der Waals surface area contributed by atoms with E-state index in [-0.39, 0.29) is 0 Å². The van der Waals surface area contributed by atoms with E-state index in [0.717, 1.165) is 12.5 Å². The molecule has 1 N–H and O–H groups in total. The number of aryl methyl sites for hydroxylation is 2. The fourth-order valence-electron chi connectivity index (χ4n) is 2.39. The first kappa shape index (κ1) is 15.2. The lowest BCUT2D eigenvalue weighted by Crippen LogP contribution is -2.34. The highest BCUT2D eigenvalue weighted by atomic mass is 14.9. The summed E-state index contributed by atoms with van der Waals surface area (Å²) in [6.07, 6.45) is 4.99. The van der Waals surface area contributed by atoms with Crippen LogP contribution in [0.15, 0.2) is 24.3 Å². The average Bonchev–Trinajstić information content (AvgIpc) is 2.33. The molecule has 0 fully saturated rings. The van der Waals surface area contributed by atoms with Gasteiger partial charge in [-0.1, -0.05) is 50.6 Å². The minimum atomic E-state index is 0.676. The molecule has 1 atom stereocenters. The lowest BCUT2D eigenvalue weighted by atomic mass is 9.96. The predicted molar refractivity (Wildman–Crippen MR) is 81.0 cm³/mol. The van der Waals surface area contributed by atoms with E-state index in [1.54, 1.807) is 0 Å². The maximum absolute atomic E-state index is 3.67. The molecule has 0 radical (unpaired) electrons. The third-order valence-electron chi connectivity index (χ3n) is 3.52. The van der Waals surface area contributed by atoms with Crippen LogP contribution >= 0.6 is 0 Å². The van der Waals surface area contributed by atoms with Crippen molar-refractivity contribution in [1.29, 1.82) is 0 Å². The van der Waals surface area contributed by atoms with Gasteiger partial charge >= 0.3 is 0 Å². The Morgan fingerprint density at radius 1 is 1.22 bits per heavy atom. The zero-order chi connectivity index (χ0) is 13.4. The standard InChI is InChI=1S/C17H29N/c1-5-12-18-17(14(2)3)11-7-10-16-9-6-8-15(4)13-16/h6,8-9,13-14,17-18H,5,7,10-12H2,1-4H3. The minimum Gasteiger partial charge on any atom is -0.314 e. The van der Waals surface area contributed by atoms with Crippen LogP contribution in [0.4, 0.5) is 0 Å². The van der Waals surface area contributed by atoms with Crippen molar-refractivity contribution < 1.29 is 0 Å². The van der Waals surface area contributed by atoms with E-state index >= 15 is 0 Å². The second kappa shape index (κ2) is 8.31. The van der Waals surface area contributed by atoms with E-state index in [4.69, 9.17) is 0 Å². The number of benzene rings is 1. The van der Waals surface area contributed by atoms with Crippen molar-refractivity contribution in [2.24, 2.45) is 5.92 Å². The second-order valence-corrected chi connectivity index (χ2v) is 5.69. The molecule has 0 aromatic heterocycles. The van der Waals surface area contributed by atoms with Gasteiger partial charge in [-0.25, -0.2) is 0 Å². The van der Waals surface area contributed by atoms with Crippen molar-refractivity contribution in [3.63, 3.8) is 0 Å². The Balaban J connectivity index is 2.34. The van der Waals surface area contributed by atoms with Crippen LogP contribution in [0.25, 0.3) is 0 Å². The molecule has 0 saturated carbocycles. The van der Waals surface area contributed by atoms with Crippen LogP contribution in [-0.4, -0.2) is 12.6 Å². The highest BCUT2D eigenvalue weighted by Crippen LogP contribution is 2.13. The van der Waals surface area contributed by atoms with Crippen LogP contribution in [0.2, 0.25) is 0 Å². The van der Waals surface area contributed by atoms with Crippen molar-refractivity contribution in [2.75, 3.05) is 6.54 Å². The Kier molecular flexibility index (Phi) is 7.04. The van der Waals surface area contributed by atoms with Crippen molar-refractivity contribution in [2.45, 2.75) is 59.4 Å². The molecule has 1 unspecified atom stereocenters. The van der Waals surface area contributed by atoms with Gasteiger partial charge in [-0.05, 0) is 50.6 Å². The zero-order valence-electron chi connectivity index (χ0n) is 12.5. The Labute approximate surface area is 113 Å². The van der Waals surface area contributed by atoms with Gasteiger partial charge in [0, 0.05) is 6.04 Å². The number of hydrogen-bond acceptors (Lipinski definition) is 1. The molecule has 0 spiro atoms. The van der Waals surface area contributed by atoms with E-state index in [2.05, 4.69) is 57.3 Å². The van der Waals surface area contributed by atoms with Crippen LogP contribution in [0.1, 0.15) is 51.2 Å². The van der Waals surface area contributed by atoms with Gasteiger partial charge in [0.1, 0.15) is 0 Å². The molecule has 1 heteroatoms. The first-order valence-corrected chi connectivity index (χ1v) is 7.42. The Morgan fingerprint density at radius 3 is 2.61 bits per heavy atom. The molecule has 0 heterocycles. The molecule has 0 aliphatic heterocycles. The molecule has 0 bridgehead atoms. The Bertz CT molecular complexity index is 330. The molecular weight excluding hydrogens is 218 g/mol. The molecule has 1 aromatic rings. The largest absolute Gasteiger partial charge is 0.314 e. The van der Waals surface area contributed by atoms with E-state index in [1.807, 2.05) is 0 Å². The van der Waals surface area contributed by atoms with Gasteiger partial charge in [0.25, 0.3) is 0 Å². The maximum Gasteiger partial charge on any atom is 0.00901 e. The summed E-state index contributed by atoms with van der Waals surface area (Å²) in [5, 5.41) is 3.67. The van der Waals surface area contributed by atoms with E-state index in [0.29, 0.717) is 6.04 Å². The topological polar surface area (TPSA) is 12.0 Å². The summed E-state index contributed by atoms with van der Waals surface area (Å²) in [4.78, 5) is 0. The first-order valence-electron chi connectivity index (χ1n) is 7.42. The quantitative estimate of drug-likeness (QED) is 0.720. The monoisotopic (exact) mass is 247 g/mol.